The molecule has 0 saturated carbocycles. The zero-order chi connectivity index (χ0) is 9.84. The van der Waals surface area contributed by atoms with E-state index >= 15 is 0 Å². The third-order valence-electron chi connectivity index (χ3n) is 1.47. The first-order valence-corrected chi connectivity index (χ1v) is 4.29. The van der Waals surface area contributed by atoms with Crippen molar-refractivity contribution in [3.8, 4) is 0 Å². The average molecular weight is 242 g/mol. The van der Waals surface area contributed by atoms with Crippen LogP contribution in [-0.4, -0.2) is 12.4 Å². The Kier molecular flexibility index (Phi) is 3.02. The minimum atomic E-state index is -0.669. The fourth-order valence-electron chi connectivity index (χ4n) is 0.867. The maximum absolute atomic E-state index is 10.8. The maximum Gasteiger partial charge on any atom is 0.324 e. The predicted molar refractivity (Wildman–Crippen MR) is 55.0 cm³/mol. The highest BCUT2D eigenvalue weighted by atomic mass is 79.9. The number of amides is 2. The van der Waals surface area contributed by atoms with Gasteiger partial charge in [-0.1, -0.05) is 15.9 Å². The molecule has 0 fully saturated rings. The van der Waals surface area contributed by atoms with Gasteiger partial charge in [0.05, 0.1) is 12.0 Å². The van der Waals surface area contributed by atoms with Crippen molar-refractivity contribution in [2.75, 3.05) is 4.90 Å². The molecular formula is C8H8BrN3O. The second kappa shape index (κ2) is 4.04. The third-order valence-corrected chi connectivity index (χ3v) is 2.00. The van der Waals surface area contributed by atoms with Gasteiger partial charge in [-0.25, -0.2) is 4.79 Å². The number of carbonyl (C=O) groups excluding carboxylic acids is 1. The van der Waals surface area contributed by atoms with Crippen molar-refractivity contribution in [3.05, 3.63) is 28.7 Å². The van der Waals surface area contributed by atoms with E-state index in [0.29, 0.717) is 5.69 Å². The zero-order valence-corrected chi connectivity index (χ0v) is 8.28. The number of nitrogens with two attached hydrogens (primary N) is 1. The Balaban J connectivity index is 2.99. The highest BCUT2D eigenvalue weighted by molar-refractivity contribution is 9.10. The van der Waals surface area contributed by atoms with Crippen LogP contribution in [-0.2, 0) is 0 Å². The molecule has 13 heavy (non-hydrogen) atoms. The van der Waals surface area contributed by atoms with Crippen LogP contribution in [0.15, 0.2) is 28.7 Å². The first kappa shape index (κ1) is 9.73. The number of hydrogen-bond donors (Lipinski definition) is 2. The SMILES string of the molecule is N=CN(C(N)=O)c1ccc(Br)cc1. The van der Waals surface area contributed by atoms with Crippen LogP contribution in [0.25, 0.3) is 0 Å². The summed E-state index contributed by atoms with van der Waals surface area (Å²) in [4.78, 5) is 11.8. The smallest absolute Gasteiger partial charge is 0.324 e. The molecule has 1 aromatic carbocycles. The summed E-state index contributed by atoms with van der Waals surface area (Å²) in [6.45, 7) is 0. The van der Waals surface area contributed by atoms with Crippen molar-refractivity contribution in [2.45, 2.75) is 0 Å². The summed E-state index contributed by atoms with van der Waals surface area (Å²) in [5.74, 6) is 0. The summed E-state index contributed by atoms with van der Waals surface area (Å²) in [5.41, 5.74) is 5.62. The van der Waals surface area contributed by atoms with Crippen LogP contribution in [0.5, 0.6) is 0 Å². The van der Waals surface area contributed by atoms with Crippen LogP contribution in [0.3, 0.4) is 0 Å². The molecule has 1 rings (SSSR count). The molecule has 2 amide bonds. The number of halogens is 1. The number of benzene rings is 1. The second-order valence-corrected chi connectivity index (χ2v) is 3.23. The molecule has 0 unspecified atom stereocenters. The Bertz CT molecular complexity index is 323. The van der Waals surface area contributed by atoms with Gasteiger partial charge >= 0.3 is 6.03 Å². The van der Waals surface area contributed by atoms with E-state index in [-0.39, 0.29) is 0 Å². The molecule has 1 aromatic rings. The number of anilines is 1. The normalized spacial score (nSPS) is 9.31. The Labute approximate surface area is 84.0 Å². The Morgan fingerprint density at radius 3 is 2.38 bits per heavy atom. The molecule has 0 aromatic heterocycles. The molecule has 0 heterocycles. The number of primary amides is 1. The van der Waals surface area contributed by atoms with Crippen molar-refractivity contribution >= 4 is 34.0 Å². The van der Waals surface area contributed by atoms with Gasteiger partial charge in [-0.3, -0.25) is 10.3 Å². The van der Waals surface area contributed by atoms with Crippen LogP contribution in [0.4, 0.5) is 10.5 Å². The standard InChI is InChI=1S/C8H8BrN3O/c9-6-1-3-7(4-2-6)12(5-10)8(11)13/h1-5,10H,(H2,11,13). The number of nitrogens with zero attached hydrogens (tertiary/aromatic N) is 1. The van der Waals surface area contributed by atoms with Crippen molar-refractivity contribution in [1.29, 1.82) is 5.41 Å². The van der Waals surface area contributed by atoms with Crippen LogP contribution in [0, 0.1) is 5.41 Å². The van der Waals surface area contributed by atoms with Crippen molar-refractivity contribution in [1.82, 2.24) is 0 Å². The summed E-state index contributed by atoms with van der Waals surface area (Å²) >= 11 is 3.26. The van der Waals surface area contributed by atoms with Gasteiger partial charge in [0.2, 0.25) is 0 Å². The van der Waals surface area contributed by atoms with Gasteiger partial charge in [0.1, 0.15) is 0 Å². The van der Waals surface area contributed by atoms with Gasteiger partial charge in [-0.15, -0.1) is 0 Å². The topological polar surface area (TPSA) is 70.2 Å². The predicted octanol–water partition coefficient (Wildman–Crippen LogP) is 1.94. The van der Waals surface area contributed by atoms with Gasteiger partial charge in [0, 0.05) is 4.47 Å². The molecule has 68 valence electrons. The molecule has 0 saturated heterocycles. The first-order valence-electron chi connectivity index (χ1n) is 3.50. The minimum Gasteiger partial charge on any atom is -0.351 e. The lowest BCUT2D eigenvalue weighted by atomic mass is 10.3. The summed E-state index contributed by atoms with van der Waals surface area (Å²) in [6, 6.07) is 6.26. The molecule has 0 radical (unpaired) electrons. The second-order valence-electron chi connectivity index (χ2n) is 2.31. The average Bonchev–Trinajstić information content (AvgIpc) is 2.09. The quantitative estimate of drug-likeness (QED) is 0.603. The molecule has 0 bridgehead atoms. The summed E-state index contributed by atoms with van der Waals surface area (Å²) < 4.78 is 0.908. The van der Waals surface area contributed by atoms with Crippen molar-refractivity contribution in [3.63, 3.8) is 0 Å². The number of nitrogens with one attached hydrogen (secondary N) is 1. The molecule has 0 aliphatic carbocycles. The Hall–Kier alpha value is -1.36. The molecule has 0 spiro atoms. The molecule has 0 atom stereocenters. The summed E-state index contributed by atoms with van der Waals surface area (Å²) in [6.07, 6.45) is 0.881. The van der Waals surface area contributed by atoms with E-state index in [0.717, 1.165) is 15.7 Å². The highest BCUT2D eigenvalue weighted by Gasteiger charge is 2.07. The number of carbonyl (C=O) groups is 1. The van der Waals surface area contributed by atoms with Gasteiger partial charge in [-0.05, 0) is 24.3 Å². The summed E-state index contributed by atoms with van der Waals surface area (Å²) in [5, 5.41) is 6.97. The van der Waals surface area contributed by atoms with Crippen molar-refractivity contribution in [2.24, 2.45) is 5.73 Å². The van der Waals surface area contributed by atoms with E-state index in [1.165, 1.54) is 0 Å². The summed E-state index contributed by atoms with van der Waals surface area (Å²) in [7, 11) is 0. The molecule has 3 N–H and O–H groups in total. The highest BCUT2D eigenvalue weighted by Crippen LogP contribution is 2.16. The van der Waals surface area contributed by atoms with E-state index in [9.17, 15) is 4.79 Å². The zero-order valence-electron chi connectivity index (χ0n) is 6.70. The minimum absolute atomic E-state index is 0.575. The fraction of sp³-hybridized carbons (Fsp3) is 0. The number of hydrogen-bond acceptors (Lipinski definition) is 2. The number of urea groups is 1. The lowest BCUT2D eigenvalue weighted by molar-refractivity contribution is 0.256. The van der Waals surface area contributed by atoms with E-state index < -0.39 is 6.03 Å². The van der Waals surface area contributed by atoms with Crippen LogP contribution in [0.1, 0.15) is 0 Å². The lowest BCUT2D eigenvalue weighted by Gasteiger charge is -2.13. The van der Waals surface area contributed by atoms with Gasteiger partial charge in [0.15, 0.2) is 0 Å². The molecular weight excluding hydrogens is 234 g/mol. The Morgan fingerprint density at radius 1 is 1.46 bits per heavy atom. The van der Waals surface area contributed by atoms with Gasteiger partial charge in [-0.2, -0.15) is 0 Å². The van der Waals surface area contributed by atoms with E-state index in [1.54, 1.807) is 24.3 Å². The van der Waals surface area contributed by atoms with Crippen LogP contribution < -0.4 is 10.6 Å². The molecule has 0 aliphatic heterocycles. The van der Waals surface area contributed by atoms with E-state index in [2.05, 4.69) is 15.9 Å². The van der Waals surface area contributed by atoms with Gasteiger partial charge in [0.25, 0.3) is 0 Å². The first-order chi connectivity index (χ1) is 6.15. The van der Waals surface area contributed by atoms with E-state index in [1.807, 2.05) is 0 Å². The Morgan fingerprint density at radius 2 is 2.00 bits per heavy atom. The molecule has 4 nitrogen and oxygen atoms in total. The van der Waals surface area contributed by atoms with Gasteiger partial charge < -0.3 is 5.73 Å². The van der Waals surface area contributed by atoms with E-state index in [4.69, 9.17) is 11.1 Å². The lowest BCUT2D eigenvalue weighted by Crippen LogP contribution is -2.34. The largest absolute Gasteiger partial charge is 0.351 e. The van der Waals surface area contributed by atoms with Crippen LogP contribution >= 0.6 is 15.9 Å². The third kappa shape index (κ3) is 2.29. The molecule has 0 aliphatic rings. The molecule has 5 heteroatoms. The maximum atomic E-state index is 10.8. The monoisotopic (exact) mass is 241 g/mol. The number of rotatable bonds is 2. The van der Waals surface area contributed by atoms with Crippen LogP contribution in [0.2, 0.25) is 0 Å². The fourth-order valence-corrected chi connectivity index (χ4v) is 1.13. The van der Waals surface area contributed by atoms with Crippen molar-refractivity contribution < 1.29 is 4.79 Å².